The Morgan fingerprint density at radius 1 is 1.20 bits per heavy atom. The third kappa shape index (κ3) is 6.73. The first kappa shape index (κ1) is 32.5. The first-order chi connectivity index (χ1) is 21.3. The van der Waals surface area contributed by atoms with Gasteiger partial charge < -0.3 is 34.7 Å². The molecule has 2 aromatic heterocycles. The lowest BCUT2D eigenvalue weighted by Crippen LogP contribution is -2.44. The van der Waals surface area contributed by atoms with Gasteiger partial charge in [0.15, 0.2) is 17.4 Å². The van der Waals surface area contributed by atoms with E-state index in [9.17, 15) is 19.6 Å². The monoisotopic (exact) mass is 644 g/mol. The van der Waals surface area contributed by atoms with Gasteiger partial charge in [-0.2, -0.15) is 15.1 Å². The van der Waals surface area contributed by atoms with Crippen LogP contribution >= 0.6 is 7.75 Å². The van der Waals surface area contributed by atoms with Crippen molar-refractivity contribution in [1.29, 1.82) is 0 Å². The molecule has 5 rings (SSSR count). The Kier molecular flexibility index (Phi) is 9.31. The number of aromatic nitrogens is 4. The zero-order valence-electron chi connectivity index (χ0n) is 25.5. The van der Waals surface area contributed by atoms with Gasteiger partial charge in [-0.15, -0.1) is 0 Å². The molecule has 0 saturated carbocycles. The van der Waals surface area contributed by atoms with Crippen LogP contribution < -0.4 is 20.1 Å². The number of fused-ring (bicyclic) bond motifs is 2. The third-order valence-corrected chi connectivity index (χ3v) is 8.88. The lowest BCUT2D eigenvalue weighted by Gasteiger charge is -2.27. The van der Waals surface area contributed by atoms with Crippen LogP contribution in [0.15, 0.2) is 48.8 Å². The number of hydrogen-bond acceptors (Lipinski definition) is 13. The summed E-state index contributed by atoms with van der Waals surface area (Å²) in [7, 11) is -2.96. The first-order valence-corrected chi connectivity index (χ1v) is 15.8. The van der Waals surface area contributed by atoms with E-state index in [0.29, 0.717) is 5.39 Å². The molecule has 1 aliphatic heterocycles. The van der Waals surface area contributed by atoms with E-state index in [1.807, 2.05) is 32.0 Å². The van der Waals surface area contributed by atoms with Gasteiger partial charge >= 0.3 is 13.7 Å². The number of nitrogens with two attached hydrogens (primary N) is 1. The minimum absolute atomic E-state index is 0.0921. The predicted octanol–water partition coefficient (Wildman–Crippen LogP) is 2.96. The maximum Gasteiger partial charge on any atom is 0.459 e. The molecule has 16 heteroatoms. The highest BCUT2D eigenvalue weighted by molar-refractivity contribution is 7.52. The number of carbonyl (C=O) groups excluding carboxylic acids is 1. The zero-order chi connectivity index (χ0) is 32.5. The summed E-state index contributed by atoms with van der Waals surface area (Å²) < 4.78 is 44.0. The molecule has 0 spiro atoms. The molecule has 2 aromatic carbocycles. The largest absolute Gasteiger partial charge is 0.479 e. The van der Waals surface area contributed by atoms with Gasteiger partial charge in [-0.3, -0.25) is 13.9 Å². The highest BCUT2D eigenvalue weighted by Crippen LogP contribution is 2.48. The normalized spacial score (nSPS) is 23.7. The lowest BCUT2D eigenvalue weighted by molar-refractivity contribution is -0.146. The van der Waals surface area contributed by atoms with Crippen molar-refractivity contribution in [3.8, 4) is 11.6 Å². The summed E-state index contributed by atoms with van der Waals surface area (Å²) in [6, 6.07) is 11.4. The fraction of sp³-hybridized carbons (Fsp3) is 0.448. The van der Waals surface area contributed by atoms with E-state index in [1.165, 1.54) is 31.9 Å². The minimum atomic E-state index is -4.36. The van der Waals surface area contributed by atoms with Crippen molar-refractivity contribution in [2.45, 2.75) is 57.8 Å². The number of hydrogen-bond donors (Lipinski definition) is 4. The molecule has 6 atom stereocenters. The number of carbonyl (C=O) groups is 1. The summed E-state index contributed by atoms with van der Waals surface area (Å²) >= 11 is 0. The van der Waals surface area contributed by atoms with Crippen LogP contribution in [0.4, 0.5) is 5.95 Å². The number of methoxy groups -OCH3 is 1. The minimum Gasteiger partial charge on any atom is -0.479 e. The maximum absolute atomic E-state index is 14.3. The van der Waals surface area contributed by atoms with Crippen molar-refractivity contribution < 1.29 is 42.8 Å². The van der Waals surface area contributed by atoms with Gasteiger partial charge in [-0.1, -0.05) is 50.2 Å². The molecule has 1 aliphatic rings. The molecule has 0 aliphatic carbocycles. The number of esters is 1. The highest BCUT2D eigenvalue weighted by atomic mass is 31.2. The molecule has 3 unspecified atom stereocenters. The second-order valence-corrected chi connectivity index (χ2v) is 13.0. The number of anilines is 1. The Labute approximate surface area is 259 Å². The summed E-state index contributed by atoms with van der Waals surface area (Å²) in [6.07, 6.45) is -2.61. The Morgan fingerprint density at radius 2 is 1.93 bits per heavy atom. The number of aliphatic hydroxyl groups excluding tert-OH is 1. The Hall–Kier alpha value is -3.85. The van der Waals surface area contributed by atoms with Crippen molar-refractivity contribution in [3.05, 3.63) is 48.8 Å². The Bertz CT molecular complexity index is 1730. The molecule has 0 radical (unpaired) electrons. The van der Waals surface area contributed by atoms with Gasteiger partial charge in [0.05, 0.1) is 26.7 Å². The van der Waals surface area contributed by atoms with Crippen molar-refractivity contribution in [1.82, 2.24) is 24.6 Å². The van der Waals surface area contributed by atoms with Gasteiger partial charge in [0.1, 0.15) is 29.6 Å². The van der Waals surface area contributed by atoms with Crippen molar-refractivity contribution in [2.75, 3.05) is 26.1 Å². The summed E-state index contributed by atoms with van der Waals surface area (Å²) in [5.41, 5.74) is 4.40. The Balaban J connectivity index is 1.40. The van der Waals surface area contributed by atoms with E-state index < -0.39 is 50.4 Å². The van der Waals surface area contributed by atoms with Crippen molar-refractivity contribution in [2.24, 2.45) is 5.92 Å². The summed E-state index contributed by atoms with van der Waals surface area (Å²) in [6.45, 7) is 6.28. The van der Waals surface area contributed by atoms with E-state index in [-0.39, 0.29) is 41.3 Å². The topological polar surface area (TPSA) is 202 Å². The van der Waals surface area contributed by atoms with Crippen LogP contribution in [-0.4, -0.2) is 79.9 Å². The molecular weight excluding hydrogens is 607 g/mol. The molecule has 4 aromatic rings. The number of rotatable bonds is 12. The van der Waals surface area contributed by atoms with E-state index in [1.54, 1.807) is 24.3 Å². The quantitative estimate of drug-likeness (QED) is 0.129. The van der Waals surface area contributed by atoms with Crippen LogP contribution in [0.25, 0.3) is 21.9 Å². The maximum atomic E-state index is 14.3. The second-order valence-electron chi connectivity index (χ2n) is 11.3. The average Bonchev–Trinajstić information content (AvgIpc) is 3.51. The number of ether oxygens (including phenoxy) is 3. The molecule has 15 nitrogen and oxygen atoms in total. The third-order valence-electron chi connectivity index (χ3n) is 7.25. The smallest absolute Gasteiger partial charge is 0.459 e. The number of benzene rings is 2. The van der Waals surface area contributed by atoms with Gasteiger partial charge in [-0.05, 0) is 31.2 Å². The van der Waals surface area contributed by atoms with Gasteiger partial charge in [0.2, 0.25) is 11.8 Å². The van der Waals surface area contributed by atoms with Gasteiger partial charge in [-0.25, -0.2) is 9.55 Å². The van der Waals surface area contributed by atoms with Gasteiger partial charge in [0.25, 0.3) is 0 Å². The fourth-order valence-corrected chi connectivity index (χ4v) is 6.45. The molecule has 1 fully saturated rings. The molecule has 242 valence electrons. The van der Waals surface area contributed by atoms with Crippen LogP contribution in [0.5, 0.6) is 11.6 Å². The number of aliphatic hydroxyl groups is 2. The zero-order valence-corrected chi connectivity index (χ0v) is 26.4. The van der Waals surface area contributed by atoms with E-state index in [2.05, 4.69) is 20.0 Å². The van der Waals surface area contributed by atoms with Crippen molar-refractivity contribution in [3.63, 3.8) is 0 Å². The van der Waals surface area contributed by atoms with Crippen LogP contribution in [0, 0.1) is 5.92 Å². The first-order valence-electron chi connectivity index (χ1n) is 14.3. The lowest BCUT2D eigenvalue weighted by atomic mass is 9.96. The standard InChI is InChI=1S/C29H37N6O9P/c1-16(2)13-41-26(37)17(3)34-45(39,44-20-12-8-10-18-9-6-7-11-19(18)20)42-14-21-23(36)29(4,38)27(43-21)35-15-31-22-24(35)32-28(30)33-25(22)40-5/h6-12,15-17,21,23,27,36,38H,13-14H2,1-5H3,(H,34,39)(H2,30,32,33)/t17?,21-,23-,27?,29-,45?/m1/s1. The predicted molar refractivity (Wildman–Crippen MR) is 163 cm³/mol. The molecule has 0 bridgehead atoms. The van der Waals surface area contributed by atoms with Crippen molar-refractivity contribution >= 4 is 41.6 Å². The van der Waals surface area contributed by atoms with Crippen LogP contribution in [0.2, 0.25) is 0 Å². The molecular formula is C29H37N6O9P. The SMILES string of the molecule is COc1nc(N)nc2c1ncn2C1O[C@H](COP(=O)(NC(C)C(=O)OCC(C)C)Oc2cccc3ccccc23)[C@@H](O)[C@@]1(C)O. The number of nitrogens with zero attached hydrogens (tertiary/aromatic N) is 4. The number of nitrogen functional groups attached to an aromatic ring is 1. The Morgan fingerprint density at radius 3 is 2.67 bits per heavy atom. The fourth-order valence-electron chi connectivity index (χ4n) is 4.93. The van der Waals surface area contributed by atoms with E-state index in [0.717, 1.165) is 5.39 Å². The molecule has 3 heterocycles. The number of imidazole rings is 1. The summed E-state index contributed by atoms with van der Waals surface area (Å²) in [5.74, 6) is -0.307. The number of nitrogens with one attached hydrogen (secondary N) is 1. The molecule has 1 saturated heterocycles. The van der Waals surface area contributed by atoms with Crippen LogP contribution in [-0.2, 0) is 23.4 Å². The van der Waals surface area contributed by atoms with Crippen LogP contribution in [0.1, 0.15) is 33.9 Å². The van der Waals surface area contributed by atoms with E-state index >= 15 is 0 Å². The van der Waals surface area contributed by atoms with Gasteiger partial charge in [0, 0.05) is 5.39 Å². The highest BCUT2D eigenvalue weighted by Gasteiger charge is 2.54. The summed E-state index contributed by atoms with van der Waals surface area (Å²) in [5, 5.41) is 26.6. The summed E-state index contributed by atoms with van der Waals surface area (Å²) in [4.78, 5) is 25.1. The van der Waals surface area contributed by atoms with E-state index in [4.69, 9.17) is 29.0 Å². The molecule has 5 N–H and O–H groups in total. The molecule has 0 amide bonds. The average molecular weight is 645 g/mol. The second kappa shape index (κ2) is 12.9. The molecule has 45 heavy (non-hydrogen) atoms. The van der Waals surface area contributed by atoms with Crippen LogP contribution in [0.3, 0.4) is 0 Å².